The van der Waals surface area contributed by atoms with Crippen LogP contribution in [0.1, 0.15) is 67.2 Å². The lowest BCUT2D eigenvalue weighted by molar-refractivity contribution is -0.294. The van der Waals surface area contributed by atoms with Gasteiger partial charge in [-0.3, -0.25) is 0 Å². The molecule has 5 heteroatoms. The maximum absolute atomic E-state index is 6.43. The Morgan fingerprint density at radius 2 is 1.21 bits per heavy atom. The molecule has 0 spiro atoms. The van der Waals surface area contributed by atoms with Gasteiger partial charge in [-0.1, -0.05) is 41.5 Å². The van der Waals surface area contributed by atoms with Gasteiger partial charge in [0.2, 0.25) is 0 Å². The van der Waals surface area contributed by atoms with E-state index >= 15 is 0 Å². The highest BCUT2D eigenvalue weighted by atomic mass is 16.7. The SMILES string of the molecule is CC[C@H]1O[C@@H]2OCCCCO[C@H]3[C@H](C)[C@@H](C)C(OC[C@H]1[C@H](C)[C@H]2C)O[C@@H]3CC. The Labute approximate surface area is 171 Å². The van der Waals surface area contributed by atoms with Crippen molar-refractivity contribution in [3.63, 3.8) is 0 Å². The Morgan fingerprint density at radius 3 is 1.89 bits per heavy atom. The lowest BCUT2D eigenvalue weighted by Gasteiger charge is -2.47. The van der Waals surface area contributed by atoms with E-state index in [1.165, 1.54) is 0 Å². The zero-order valence-electron chi connectivity index (χ0n) is 18.8. The van der Waals surface area contributed by atoms with Gasteiger partial charge in [0.1, 0.15) is 0 Å². The average molecular weight is 399 g/mol. The molecule has 6 fully saturated rings. The topological polar surface area (TPSA) is 46.2 Å². The first-order valence-corrected chi connectivity index (χ1v) is 11.6. The number of rotatable bonds is 2. The lowest BCUT2D eigenvalue weighted by Crippen LogP contribution is -2.53. The van der Waals surface area contributed by atoms with Crippen LogP contribution in [0.2, 0.25) is 0 Å². The van der Waals surface area contributed by atoms with Crippen molar-refractivity contribution in [2.24, 2.45) is 29.6 Å². The molecular formula is C23H42O5. The molecule has 164 valence electrons. The molecule has 6 saturated heterocycles. The normalized spacial score (nSPS) is 48.6. The van der Waals surface area contributed by atoms with Gasteiger partial charge in [0.15, 0.2) is 12.6 Å². The van der Waals surface area contributed by atoms with Gasteiger partial charge >= 0.3 is 0 Å². The summed E-state index contributed by atoms with van der Waals surface area (Å²) in [5, 5.41) is 0. The number of hydrogen-bond donors (Lipinski definition) is 0. The van der Waals surface area contributed by atoms with Crippen LogP contribution in [0.4, 0.5) is 0 Å². The van der Waals surface area contributed by atoms with Crippen molar-refractivity contribution in [3.8, 4) is 0 Å². The van der Waals surface area contributed by atoms with Crippen molar-refractivity contribution >= 4 is 0 Å². The smallest absolute Gasteiger partial charge is 0.160 e. The van der Waals surface area contributed by atoms with Gasteiger partial charge in [0.05, 0.1) is 24.9 Å². The molecule has 0 aromatic heterocycles. The summed E-state index contributed by atoms with van der Waals surface area (Å²) in [5.74, 6) is 1.95. The Balaban J connectivity index is 1.78. The van der Waals surface area contributed by atoms with E-state index in [1.807, 2.05) is 0 Å². The highest BCUT2D eigenvalue weighted by Crippen LogP contribution is 2.39. The summed E-state index contributed by atoms with van der Waals surface area (Å²) in [5.41, 5.74) is 0. The third kappa shape index (κ3) is 4.75. The van der Waals surface area contributed by atoms with Crippen molar-refractivity contribution in [2.45, 2.75) is 98.1 Å². The van der Waals surface area contributed by atoms with Gasteiger partial charge in [-0.25, -0.2) is 0 Å². The molecule has 0 aromatic carbocycles. The van der Waals surface area contributed by atoms with Crippen molar-refractivity contribution < 1.29 is 23.7 Å². The number of hydrogen-bond acceptors (Lipinski definition) is 5. The van der Waals surface area contributed by atoms with Crippen molar-refractivity contribution in [3.05, 3.63) is 0 Å². The third-order valence-electron chi connectivity index (χ3n) is 7.56. The van der Waals surface area contributed by atoms with Crippen molar-refractivity contribution in [2.75, 3.05) is 19.8 Å². The van der Waals surface area contributed by atoms with Gasteiger partial charge in [-0.05, 0) is 37.5 Å². The second-order valence-corrected chi connectivity index (χ2v) is 9.25. The largest absolute Gasteiger partial charge is 0.375 e. The van der Waals surface area contributed by atoms with Crippen LogP contribution in [0.5, 0.6) is 0 Å². The number of ether oxygens (including phenoxy) is 5. The monoisotopic (exact) mass is 398 g/mol. The first-order valence-electron chi connectivity index (χ1n) is 11.6. The summed E-state index contributed by atoms with van der Waals surface area (Å²) in [6.07, 6.45) is 4.09. The fraction of sp³-hybridized carbons (Fsp3) is 1.00. The van der Waals surface area contributed by atoms with E-state index in [-0.39, 0.29) is 30.9 Å². The predicted octanol–water partition coefficient (Wildman–Crippen LogP) is 4.63. The summed E-state index contributed by atoms with van der Waals surface area (Å²) in [4.78, 5) is 0. The molecule has 6 rings (SSSR count). The summed E-state index contributed by atoms with van der Waals surface area (Å²) < 4.78 is 31.6. The average Bonchev–Trinajstić information content (AvgIpc) is 2.69. The van der Waals surface area contributed by atoms with Crippen molar-refractivity contribution in [1.82, 2.24) is 0 Å². The highest BCUT2D eigenvalue weighted by molar-refractivity contribution is 4.88. The molecule has 0 aliphatic carbocycles. The molecule has 6 aliphatic heterocycles. The van der Waals surface area contributed by atoms with E-state index in [1.54, 1.807) is 0 Å². The zero-order chi connectivity index (χ0) is 20.3. The van der Waals surface area contributed by atoms with Crippen molar-refractivity contribution in [1.29, 1.82) is 0 Å². The van der Waals surface area contributed by atoms with Crippen LogP contribution in [0.15, 0.2) is 0 Å². The van der Waals surface area contributed by atoms with E-state index in [2.05, 4.69) is 41.5 Å². The molecule has 6 heterocycles. The van der Waals surface area contributed by atoms with E-state index in [4.69, 9.17) is 23.7 Å². The van der Waals surface area contributed by atoms with Crippen LogP contribution in [-0.4, -0.2) is 50.7 Å². The molecular weight excluding hydrogens is 356 g/mol. The highest BCUT2D eigenvalue weighted by Gasteiger charge is 2.45. The Hall–Kier alpha value is -0.200. The van der Waals surface area contributed by atoms with E-state index in [9.17, 15) is 0 Å². The molecule has 4 bridgehead atoms. The molecule has 0 saturated carbocycles. The molecule has 10 atom stereocenters. The minimum atomic E-state index is -0.165. The van der Waals surface area contributed by atoms with Gasteiger partial charge < -0.3 is 23.7 Å². The van der Waals surface area contributed by atoms with Gasteiger partial charge in [-0.15, -0.1) is 0 Å². The molecule has 28 heavy (non-hydrogen) atoms. The maximum Gasteiger partial charge on any atom is 0.160 e. The second kappa shape index (κ2) is 10.2. The predicted molar refractivity (Wildman–Crippen MR) is 109 cm³/mol. The summed E-state index contributed by atoms with van der Waals surface area (Å²) in [6, 6.07) is 0. The fourth-order valence-corrected chi connectivity index (χ4v) is 5.09. The van der Waals surface area contributed by atoms with Crippen LogP contribution >= 0.6 is 0 Å². The van der Waals surface area contributed by atoms with Crippen LogP contribution in [-0.2, 0) is 23.7 Å². The van der Waals surface area contributed by atoms with Gasteiger partial charge in [0.25, 0.3) is 0 Å². The molecule has 6 aliphatic rings. The first-order chi connectivity index (χ1) is 13.5. The standard InChI is InChI=1S/C23H42O5/c1-7-19-18-13-26-23-17(6)15(4)21(20(8-2)28-23)24-11-9-10-12-25-22(27-19)16(5)14(18)3/h14-23H,7-13H2,1-6H3/t14-,15-,16-,17-,18+,19-,20-,21+,22+,23?/m1/s1. The molecule has 0 amide bonds. The Bertz CT molecular complexity index is 468. The summed E-state index contributed by atoms with van der Waals surface area (Å²) in [7, 11) is 0. The fourth-order valence-electron chi connectivity index (χ4n) is 5.09. The van der Waals surface area contributed by atoms with E-state index in [0.29, 0.717) is 36.2 Å². The van der Waals surface area contributed by atoms with Crippen LogP contribution in [0, 0.1) is 29.6 Å². The molecule has 5 nitrogen and oxygen atoms in total. The minimum absolute atomic E-state index is 0.102. The lowest BCUT2D eigenvalue weighted by atomic mass is 9.77. The van der Waals surface area contributed by atoms with E-state index in [0.717, 1.165) is 38.9 Å². The quantitative estimate of drug-likeness (QED) is 0.679. The first kappa shape index (κ1) is 22.5. The van der Waals surface area contributed by atoms with Gasteiger partial charge in [0, 0.05) is 31.0 Å². The van der Waals surface area contributed by atoms with Gasteiger partial charge in [-0.2, -0.15) is 0 Å². The van der Waals surface area contributed by atoms with E-state index < -0.39 is 0 Å². The third-order valence-corrected chi connectivity index (χ3v) is 7.56. The second-order valence-electron chi connectivity index (χ2n) is 9.25. The maximum atomic E-state index is 6.43. The summed E-state index contributed by atoms with van der Waals surface area (Å²) >= 11 is 0. The molecule has 1 unspecified atom stereocenters. The molecule has 0 N–H and O–H groups in total. The summed E-state index contributed by atoms with van der Waals surface area (Å²) in [6.45, 7) is 15.7. The van der Waals surface area contributed by atoms with Crippen LogP contribution in [0.25, 0.3) is 0 Å². The van der Waals surface area contributed by atoms with Crippen LogP contribution < -0.4 is 0 Å². The molecule has 0 radical (unpaired) electrons. The van der Waals surface area contributed by atoms with Crippen LogP contribution in [0.3, 0.4) is 0 Å². The molecule has 0 aromatic rings. The Morgan fingerprint density at radius 1 is 0.643 bits per heavy atom. The minimum Gasteiger partial charge on any atom is -0.375 e. The Kier molecular flexibility index (Phi) is 8.20. The zero-order valence-corrected chi connectivity index (χ0v) is 18.8.